The quantitative estimate of drug-likeness (QED) is 0.420. The molecule has 31 heavy (non-hydrogen) atoms. The van der Waals surface area contributed by atoms with Crippen LogP contribution in [-0.4, -0.2) is 30.9 Å². The minimum Gasteiger partial charge on any atom is -0.452 e. The van der Waals surface area contributed by atoms with Gasteiger partial charge in [0.15, 0.2) is 6.61 Å². The summed E-state index contributed by atoms with van der Waals surface area (Å²) in [6, 6.07) is 13.2. The number of amides is 2. The van der Waals surface area contributed by atoms with Crippen molar-refractivity contribution >= 4 is 29.2 Å². The molecule has 4 N–H and O–H groups in total. The zero-order chi connectivity index (χ0) is 22.1. The summed E-state index contributed by atoms with van der Waals surface area (Å²) in [5.41, 5.74) is 8.54. The highest BCUT2D eigenvalue weighted by Crippen LogP contribution is 2.21. The minimum atomic E-state index is -0.570. The second kappa shape index (κ2) is 11.0. The molecule has 2 aromatic carbocycles. The van der Waals surface area contributed by atoms with Crippen molar-refractivity contribution in [1.29, 1.82) is 0 Å². The number of para-hydroxylation sites is 1. The van der Waals surface area contributed by atoms with Crippen molar-refractivity contribution in [3.05, 3.63) is 71.3 Å². The van der Waals surface area contributed by atoms with Crippen LogP contribution in [0.1, 0.15) is 52.8 Å². The highest BCUT2D eigenvalue weighted by Gasteiger charge is 2.15. The number of benzene rings is 2. The number of esters is 1. The third-order valence-corrected chi connectivity index (χ3v) is 5.08. The third-order valence-electron chi connectivity index (χ3n) is 5.08. The van der Waals surface area contributed by atoms with E-state index in [0.29, 0.717) is 22.5 Å². The van der Waals surface area contributed by atoms with E-state index in [9.17, 15) is 14.4 Å². The van der Waals surface area contributed by atoms with Crippen LogP contribution in [0.25, 0.3) is 0 Å². The molecule has 0 saturated carbocycles. The smallest absolute Gasteiger partial charge is 0.340 e. The number of rotatable bonds is 9. The van der Waals surface area contributed by atoms with Gasteiger partial charge in [0.25, 0.3) is 5.91 Å². The molecule has 2 aromatic rings. The Labute approximate surface area is 181 Å². The van der Waals surface area contributed by atoms with Crippen molar-refractivity contribution in [3.63, 3.8) is 0 Å². The van der Waals surface area contributed by atoms with E-state index in [1.807, 2.05) is 12.1 Å². The largest absolute Gasteiger partial charge is 0.452 e. The van der Waals surface area contributed by atoms with Gasteiger partial charge in [0, 0.05) is 23.5 Å². The van der Waals surface area contributed by atoms with E-state index >= 15 is 0 Å². The van der Waals surface area contributed by atoms with E-state index < -0.39 is 24.4 Å². The molecule has 0 aliphatic heterocycles. The topological polar surface area (TPSA) is 111 Å². The van der Waals surface area contributed by atoms with Crippen LogP contribution in [0.5, 0.6) is 0 Å². The molecular weight excluding hydrogens is 394 g/mol. The summed E-state index contributed by atoms with van der Waals surface area (Å²) in [7, 11) is 0. The Morgan fingerprint density at radius 1 is 1.00 bits per heavy atom. The normalized spacial score (nSPS) is 13.1. The number of nitrogens with two attached hydrogens (primary N) is 1. The van der Waals surface area contributed by atoms with Gasteiger partial charge < -0.3 is 21.1 Å². The molecule has 1 aliphatic carbocycles. The fourth-order valence-electron chi connectivity index (χ4n) is 3.43. The molecule has 3 rings (SSSR count). The molecule has 2 amide bonds. The van der Waals surface area contributed by atoms with Gasteiger partial charge in [-0.25, -0.2) is 4.79 Å². The van der Waals surface area contributed by atoms with Crippen LogP contribution < -0.4 is 16.4 Å². The van der Waals surface area contributed by atoms with E-state index in [1.54, 1.807) is 24.3 Å². The Bertz CT molecular complexity index is 967. The van der Waals surface area contributed by atoms with Crippen LogP contribution in [0.15, 0.2) is 60.2 Å². The number of hydrogen-bond acceptors (Lipinski definition) is 5. The van der Waals surface area contributed by atoms with Gasteiger partial charge in [0.05, 0.1) is 5.56 Å². The van der Waals surface area contributed by atoms with Crippen molar-refractivity contribution in [2.45, 2.75) is 32.1 Å². The van der Waals surface area contributed by atoms with E-state index in [-0.39, 0.29) is 0 Å². The highest BCUT2D eigenvalue weighted by molar-refractivity contribution is 5.99. The van der Waals surface area contributed by atoms with Crippen molar-refractivity contribution in [1.82, 2.24) is 0 Å². The summed E-state index contributed by atoms with van der Waals surface area (Å²) in [6.45, 7) is 0.315. The first-order chi connectivity index (χ1) is 15.0. The van der Waals surface area contributed by atoms with Gasteiger partial charge in [0.2, 0.25) is 5.91 Å². The van der Waals surface area contributed by atoms with Gasteiger partial charge in [0.1, 0.15) is 0 Å². The molecule has 0 fully saturated rings. The fourth-order valence-corrected chi connectivity index (χ4v) is 3.43. The number of allylic oxidation sites excluding steroid dienone is 1. The molecule has 0 heterocycles. The second-order valence-corrected chi connectivity index (χ2v) is 7.40. The Morgan fingerprint density at radius 2 is 1.77 bits per heavy atom. The van der Waals surface area contributed by atoms with E-state index in [4.69, 9.17) is 10.5 Å². The van der Waals surface area contributed by atoms with Crippen LogP contribution >= 0.6 is 0 Å². The summed E-state index contributed by atoms with van der Waals surface area (Å²) in [5, 5.41) is 5.91. The van der Waals surface area contributed by atoms with Crippen molar-refractivity contribution in [2.75, 3.05) is 23.8 Å². The van der Waals surface area contributed by atoms with E-state index in [2.05, 4.69) is 16.7 Å². The van der Waals surface area contributed by atoms with Gasteiger partial charge in [-0.05, 0) is 68.5 Å². The number of nitrogens with one attached hydrogen (secondary N) is 2. The molecule has 7 nitrogen and oxygen atoms in total. The van der Waals surface area contributed by atoms with Crippen molar-refractivity contribution in [2.24, 2.45) is 5.73 Å². The molecule has 7 heteroatoms. The van der Waals surface area contributed by atoms with Crippen LogP contribution in [0.3, 0.4) is 0 Å². The molecular formula is C24H27N3O4. The number of carbonyl (C=O) groups excluding carboxylic acids is 3. The fraction of sp³-hybridized carbons (Fsp3) is 0.292. The van der Waals surface area contributed by atoms with E-state index in [0.717, 1.165) is 25.8 Å². The Kier molecular flexibility index (Phi) is 7.81. The zero-order valence-electron chi connectivity index (χ0n) is 17.4. The van der Waals surface area contributed by atoms with Crippen LogP contribution in [0, 0.1) is 0 Å². The van der Waals surface area contributed by atoms with Gasteiger partial charge in [-0.2, -0.15) is 0 Å². The first-order valence-electron chi connectivity index (χ1n) is 10.4. The van der Waals surface area contributed by atoms with Gasteiger partial charge in [-0.3, -0.25) is 9.59 Å². The molecule has 0 unspecified atom stereocenters. The van der Waals surface area contributed by atoms with Crippen LogP contribution in [0.4, 0.5) is 11.4 Å². The Morgan fingerprint density at radius 3 is 2.48 bits per heavy atom. The lowest BCUT2D eigenvalue weighted by atomic mass is 9.97. The van der Waals surface area contributed by atoms with Crippen LogP contribution in [0.2, 0.25) is 0 Å². The number of anilines is 2. The monoisotopic (exact) mass is 421 g/mol. The second-order valence-electron chi connectivity index (χ2n) is 7.40. The number of hydrogen-bond donors (Lipinski definition) is 3. The number of carbonyl (C=O) groups is 3. The van der Waals surface area contributed by atoms with Gasteiger partial charge in [-0.15, -0.1) is 0 Å². The summed E-state index contributed by atoms with van der Waals surface area (Å²) in [4.78, 5) is 35.7. The summed E-state index contributed by atoms with van der Waals surface area (Å²) < 4.78 is 5.18. The third kappa shape index (κ3) is 6.70. The molecule has 0 atom stereocenters. The minimum absolute atomic E-state index is 0.341. The standard InChI is InChI=1S/C24H27N3O4/c25-23(29)18-10-12-19(13-11-18)27-22(28)16-31-24(30)20-8-4-5-9-21(20)26-15-14-17-6-2-1-3-7-17/h4-6,8-13,26H,1-3,7,14-16H2,(H2,25,29)(H,27,28). The van der Waals surface area contributed by atoms with Crippen LogP contribution in [-0.2, 0) is 9.53 Å². The maximum Gasteiger partial charge on any atom is 0.340 e. The van der Waals surface area contributed by atoms with E-state index in [1.165, 1.54) is 30.5 Å². The summed E-state index contributed by atoms with van der Waals surface area (Å²) >= 11 is 0. The average molecular weight is 421 g/mol. The maximum absolute atomic E-state index is 12.5. The van der Waals surface area contributed by atoms with Crippen molar-refractivity contribution in [3.8, 4) is 0 Å². The number of primary amides is 1. The SMILES string of the molecule is NC(=O)c1ccc(NC(=O)COC(=O)c2ccccc2NCCC2=CCCCC2)cc1. The first kappa shape index (κ1) is 22.1. The molecule has 162 valence electrons. The molecule has 0 aromatic heterocycles. The van der Waals surface area contributed by atoms with Gasteiger partial charge in [-0.1, -0.05) is 23.8 Å². The summed E-state index contributed by atoms with van der Waals surface area (Å²) in [5.74, 6) is -1.59. The first-order valence-corrected chi connectivity index (χ1v) is 10.4. The maximum atomic E-state index is 12.5. The Balaban J connectivity index is 1.50. The lowest BCUT2D eigenvalue weighted by molar-refractivity contribution is -0.119. The predicted molar refractivity (Wildman–Crippen MR) is 120 cm³/mol. The van der Waals surface area contributed by atoms with Gasteiger partial charge >= 0.3 is 5.97 Å². The molecule has 1 aliphatic rings. The summed E-state index contributed by atoms with van der Waals surface area (Å²) in [6.07, 6.45) is 8.05. The predicted octanol–water partition coefficient (Wildman–Crippen LogP) is 3.88. The lowest BCUT2D eigenvalue weighted by Crippen LogP contribution is -2.21. The molecule has 0 spiro atoms. The molecule has 0 saturated heterocycles. The number of ether oxygens (including phenoxy) is 1. The molecule has 0 radical (unpaired) electrons. The Hall–Kier alpha value is -3.61. The average Bonchev–Trinajstić information content (AvgIpc) is 2.79. The highest BCUT2D eigenvalue weighted by atomic mass is 16.5. The lowest BCUT2D eigenvalue weighted by Gasteiger charge is -2.15. The van der Waals surface area contributed by atoms with Crippen molar-refractivity contribution < 1.29 is 19.1 Å². The molecule has 0 bridgehead atoms. The zero-order valence-corrected chi connectivity index (χ0v) is 17.4.